The van der Waals surface area contributed by atoms with Crippen molar-refractivity contribution in [1.29, 1.82) is 0 Å². The van der Waals surface area contributed by atoms with E-state index in [1.807, 2.05) is 36.4 Å². The maximum absolute atomic E-state index is 13.7. The molecule has 3 rings (SSSR count). The van der Waals surface area contributed by atoms with Gasteiger partial charge in [-0.3, -0.25) is 4.79 Å². The van der Waals surface area contributed by atoms with E-state index in [1.165, 1.54) is 12.1 Å². The maximum atomic E-state index is 13.7. The lowest BCUT2D eigenvalue weighted by molar-refractivity contribution is -0.121. The summed E-state index contributed by atoms with van der Waals surface area (Å²) < 4.78 is 13.7. The Labute approximate surface area is 160 Å². The molecule has 0 spiro atoms. The lowest BCUT2D eigenvalue weighted by Gasteiger charge is -2.23. The van der Waals surface area contributed by atoms with Crippen molar-refractivity contribution in [3.8, 4) is 0 Å². The van der Waals surface area contributed by atoms with Crippen molar-refractivity contribution in [3.63, 3.8) is 0 Å². The van der Waals surface area contributed by atoms with E-state index in [2.05, 4.69) is 10.6 Å². The van der Waals surface area contributed by atoms with Crippen LogP contribution >= 0.6 is 12.4 Å². The first kappa shape index (κ1) is 20.4. The Bertz CT molecular complexity index is 689. The van der Waals surface area contributed by atoms with Crippen molar-refractivity contribution in [2.75, 3.05) is 13.1 Å². The fraction of sp³-hybridized carbons (Fsp3) is 0.381. The molecule has 0 saturated carbocycles. The predicted molar refractivity (Wildman–Crippen MR) is 105 cm³/mol. The van der Waals surface area contributed by atoms with Crippen molar-refractivity contribution in [1.82, 2.24) is 10.6 Å². The lowest BCUT2D eigenvalue weighted by Crippen LogP contribution is -2.31. The highest BCUT2D eigenvalue weighted by molar-refractivity contribution is 5.85. The molecular weight excluding hydrogens is 351 g/mol. The van der Waals surface area contributed by atoms with Gasteiger partial charge in [0.2, 0.25) is 5.91 Å². The molecule has 0 aromatic heterocycles. The van der Waals surface area contributed by atoms with Gasteiger partial charge in [-0.15, -0.1) is 12.4 Å². The molecule has 5 heteroatoms. The van der Waals surface area contributed by atoms with Crippen LogP contribution in [-0.4, -0.2) is 19.0 Å². The van der Waals surface area contributed by atoms with Crippen molar-refractivity contribution < 1.29 is 9.18 Å². The van der Waals surface area contributed by atoms with E-state index in [0.717, 1.165) is 43.5 Å². The minimum Gasteiger partial charge on any atom is -0.345 e. The first-order valence-corrected chi connectivity index (χ1v) is 9.03. The van der Waals surface area contributed by atoms with Crippen LogP contribution in [-0.2, 0) is 4.79 Å². The zero-order valence-corrected chi connectivity index (χ0v) is 15.6. The highest BCUT2D eigenvalue weighted by atomic mass is 35.5. The van der Waals surface area contributed by atoms with Crippen LogP contribution in [0.2, 0.25) is 0 Å². The van der Waals surface area contributed by atoms with Crippen LogP contribution in [0.5, 0.6) is 0 Å². The third-order valence-corrected chi connectivity index (χ3v) is 4.86. The highest BCUT2D eigenvalue weighted by Gasteiger charge is 2.19. The fourth-order valence-corrected chi connectivity index (χ4v) is 3.43. The number of hydrogen-bond acceptors (Lipinski definition) is 2. The number of amides is 1. The fourth-order valence-electron chi connectivity index (χ4n) is 3.43. The Kier molecular flexibility index (Phi) is 8.07. The first-order valence-electron chi connectivity index (χ1n) is 9.03. The number of halogens is 2. The molecule has 1 fully saturated rings. The van der Waals surface area contributed by atoms with E-state index in [9.17, 15) is 9.18 Å². The molecule has 140 valence electrons. The average Bonchev–Trinajstić information content (AvgIpc) is 2.66. The number of carbonyl (C=O) groups is 1. The number of rotatable bonds is 6. The summed E-state index contributed by atoms with van der Waals surface area (Å²) >= 11 is 0. The summed E-state index contributed by atoms with van der Waals surface area (Å²) in [6.45, 7) is 2.09. The molecule has 26 heavy (non-hydrogen) atoms. The van der Waals surface area contributed by atoms with Gasteiger partial charge in [0.25, 0.3) is 0 Å². The quantitative estimate of drug-likeness (QED) is 0.792. The van der Waals surface area contributed by atoms with Crippen molar-refractivity contribution in [2.24, 2.45) is 5.92 Å². The topological polar surface area (TPSA) is 41.1 Å². The van der Waals surface area contributed by atoms with E-state index in [0.29, 0.717) is 12.3 Å². The summed E-state index contributed by atoms with van der Waals surface area (Å²) in [7, 11) is 0. The average molecular weight is 377 g/mol. The van der Waals surface area contributed by atoms with Crippen molar-refractivity contribution >= 4 is 18.3 Å². The summed E-state index contributed by atoms with van der Waals surface area (Å²) in [4.78, 5) is 12.5. The van der Waals surface area contributed by atoms with Crippen LogP contribution in [0, 0.1) is 11.7 Å². The van der Waals surface area contributed by atoms with Gasteiger partial charge in [-0.1, -0.05) is 42.5 Å². The molecule has 0 bridgehead atoms. The molecule has 1 heterocycles. The molecule has 0 aliphatic carbocycles. The number of nitrogens with one attached hydrogen (secondary N) is 2. The van der Waals surface area contributed by atoms with Crippen LogP contribution in [0.4, 0.5) is 4.39 Å². The number of carbonyl (C=O) groups excluding carboxylic acids is 1. The van der Waals surface area contributed by atoms with Gasteiger partial charge in [0.15, 0.2) is 0 Å². The van der Waals surface area contributed by atoms with Crippen LogP contribution in [0.15, 0.2) is 54.6 Å². The summed E-state index contributed by atoms with van der Waals surface area (Å²) in [6.07, 6.45) is 3.71. The second-order valence-electron chi connectivity index (χ2n) is 6.70. The monoisotopic (exact) mass is 376 g/mol. The summed E-state index contributed by atoms with van der Waals surface area (Å²) in [5, 5.41) is 6.44. The van der Waals surface area contributed by atoms with E-state index >= 15 is 0 Å². The molecule has 3 nitrogen and oxygen atoms in total. The van der Waals surface area contributed by atoms with Gasteiger partial charge in [-0.05, 0) is 61.5 Å². The Morgan fingerprint density at radius 3 is 2.46 bits per heavy atom. The Balaban J connectivity index is 0.00000243. The van der Waals surface area contributed by atoms with Crippen molar-refractivity contribution in [3.05, 3.63) is 71.5 Å². The molecule has 1 aliphatic rings. The molecule has 2 aromatic rings. The molecule has 1 unspecified atom stereocenters. The number of hydrogen-bond donors (Lipinski definition) is 2. The predicted octanol–water partition coefficient (Wildman–Crippen LogP) is 4.23. The Morgan fingerprint density at radius 2 is 1.77 bits per heavy atom. The number of piperidine rings is 1. The van der Waals surface area contributed by atoms with Gasteiger partial charge in [-0.25, -0.2) is 4.39 Å². The minimum atomic E-state index is -0.322. The van der Waals surface area contributed by atoms with E-state index in [4.69, 9.17) is 0 Å². The normalized spacial score (nSPS) is 15.7. The number of benzene rings is 2. The minimum absolute atomic E-state index is 0. The SMILES string of the molecule is Cl.O=C(CCC1CCNCC1)NC(c1ccccc1)c1cccc(F)c1. The van der Waals surface area contributed by atoms with Crippen LogP contribution in [0.1, 0.15) is 42.9 Å². The van der Waals surface area contributed by atoms with E-state index in [-0.39, 0.29) is 30.2 Å². The second kappa shape index (κ2) is 10.3. The van der Waals surface area contributed by atoms with Crippen LogP contribution in [0.25, 0.3) is 0 Å². The molecular formula is C21H26ClFN2O. The van der Waals surface area contributed by atoms with E-state index in [1.54, 1.807) is 6.07 Å². The smallest absolute Gasteiger partial charge is 0.220 e. The van der Waals surface area contributed by atoms with Gasteiger partial charge in [0.1, 0.15) is 5.82 Å². The Morgan fingerprint density at radius 1 is 1.08 bits per heavy atom. The third kappa shape index (κ3) is 5.82. The summed E-state index contributed by atoms with van der Waals surface area (Å²) in [5.41, 5.74) is 1.73. The Hall–Kier alpha value is -1.91. The molecule has 1 amide bonds. The maximum Gasteiger partial charge on any atom is 0.220 e. The van der Waals surface area contributed by atoms with E-state index < -0.39 is 0 Å². The van der Waals surface area contributed by atoms with Gasteiger partial charge in [0, 0.05) is 6.42 Å². The molecule has 1 aliphatic heterocycles. The summed E-state index contributed by atoms with van der Waals surface area (Å²) in [5.74, 6) is 0.357. The molecule has 1 saturated heterocycles. The largest absolute Gasteiger partial charge is 0.345 e. The zero-order valence-electron chi connectivity index (χ0n) is 14.8. The molecule has 2 aromatic carbocycles. The van der Waals surface area contributed by atoms with Gasteiger partial charge < -0.3 is 10.6 Å². The van der Waals surface area contributed by atoms with Gasteiger partial charge in [-0.2, -0.15) is 0 Å². The standard InChI is InChI=1S/C21H25FN2O.ClH/c22-19-8-4-7-18(15-19)21(17-5-2-1-3-6-17)24-20(25)10-9-16-11-13-23-14-12-16;/h1-8,15-16,21,23H,9-14H2,(H,24,25);1H. The molecule has 0 radical (unpaired) electrons. The zero-order chi connectivity index (χ0) is 17.5. The highest BCUT2D eigenvalue weighted by Crippen LogP contribution is 2.24. The van der Waals surface area contributed by atoms with Crippen LogP contribution in [0.3, 0.4) is 0 Å². The van der Waals surface area contributed by atoms with Crippen molar-refractivity contribution in [2.45, 2.75) is 31.7 Å². The summed E-state index contributed by atoms with van der Waals surface area (Å²) in [6, 6.07) is 15.9. The first-order chi connectivity index (χ1) is 12.2. The molecule has 1 atom stereocenters. The van der Waals surface area contributed by atoms with Gasteiger partial charge in [0.05, 0.1) is 6.04 Å². The second-order valence-corrected chi connectivity index (χ2v) is 6.70. The molecule has 2 N–H and O–H groups in total. The van der Waals surface area contributed by atoms with Gasteiger partial charge >= 0.3 is 0 Å². The van der Waals surface area contributed by atoms with Crippen LogP contribution < -0.4 is 10.6 Å². The lowest BCUT2D eigenvalue weighted by atomic mass is 9.92. The third-order valence-electron chi connectivity index (χ3n) is 4.86.